The van der Waals surface area contributed by atoms with Gasteiger partial charge in [0.2, 0.25) is 10.0 Å². The van der Waals surface area contributed by atoms with Crippen molar-refractivity contribution in [2.75, 3.05) is 24.7 Å². The van der Waals surface area contributed by atoms with Crippen molar-refractivity contribution in [3.05, 3.63) is 24.4 Å². The number of hydrogen-bond donors (Lipinski definition) is 4. The number of ether oxygens (including phenoxy) is 1. The first kappa shape index (κ1) is 20.5. The molecular formula is C15H20N8O6S. The van der Waals surface area contributed by atoms with Crippen LogP contribution in [0.4, 0.5) is 5.82 Å². The lowest BCUT2D eigenvalue weighted by Crippen LogP contribution is -2.29. The molecule has 1 saturated heterocycles. The molecule has 0 spiro atoms. The summed E-state index contributed by atoms with van der Waals surface area (Å²) in [5.41, 5.74) is 0.671. The molecule has 14 nitrogen and oxygen atoms in total. The van der Waals surface area contributed by atoms with Crippen LogP contribution < -0.4 is 10.0 Å². The number of anilines is 1. The summed E-state index contributed by atoms with van der Waals surface area (Å²) in [4.78, 5) is 16.6. The number of aromatic nitrogens is 6. The van der Waals surface area contributed by atoms with E-state index < -0.39 is 34.6 Å². The summed E-state index contributed by atoms with van der Waals surface area (Å²) in [5, 5.41) is 27.5. The van der Waals surface area contributed by atoms with E-state index >= 15 is 0 Å². The number of rotatable bonds is 7. The van der Waals surface area contributed by atoms with Crippen molar-refractivity contribution in [1.82, 2.24) is 34.4 Å². The minimum Gasteiger partial charge on any atom is -0.387 e. The largest absolute Gasteiger partial charge is 0.387 e. The topological polar surface area (TPSA) is 190 Å². The van der Waals surface area contributed by atoms with Crippen molar-refractivity contribution in [2.45, 2.75) is 31.5 Å². The Kier molecular flexibility index (Phi) is 5.37. The highest BCUT2D eigenvalue weighted by Gasteiger charge is 2.47. The van der Waals surface area contributed by atoms with Gasteiger partial charge in [-0.25, -0.2) is 28.1 Å². The summed E-state index contributed by atoms with van der Waals surface area (Å²) in [6.07, 6.45) is -2.00. The highest BCUT2D eigenvalue weighted by molar-refractivity contribution is 7.89. The van der Waals surface area contributed by atoms with Gasteiger partial charge in [0.25, 0.3) is 5.89 Å². The lowest BCUT2D eigenvalue weighted by Gasteiger charge is -2.16. The number of nitrogens with one attached hydrogen (secondary N) is 2. The summed E-state index contributed by atoms with van der Waals surface area (Å²) in [6.45, 7) is 1.72. The third kappa shape index (κ3) is 3.72. The molecule has 4 heterocycles. The smallest absolute Gasteiger partial charge is 0.258 e. The van der Waals surface area contributed by atoms with Crippen LogP contribution >= 0.6 is 0 Å². The molecule has 1 fully saturated rings. The fourth-order valence-corrected chi connectivity index (χ4v) is 3.67. The first-order chi connectivity index (χ1) is 14.3. The van der Waals surface area contributed by atoms with Crippen molar-refractivity contribution < 1.29 is 27.9 Å². The maximum Gasteiger partial charge on any atom is 0.258 e. The van der Waals surface area contributed by atoms with Crippen molar-refractivity contribution in [3.8, 4) is 0 Å². The summed E-state index contributed by atoms with van der Waals surface area (Å²) >= 11 is 0. The Morgan fingerprint density at radius 1 is 1.23 bits per heavy atom. The molecule has 4 atom stereocenters. The average molecular weight is 440 g/mol. The molecule has 3 aromatic heterocycles. The first-order valence-corrected chi connectivity index (χ1v) is 10.6. The van der Waals surface area contributed by atoms with Gasteiger partial charge in [0.15, 0.2) is 35.1 Å². The zero-order chi connectivity index (χ0) is 21.5. The van der Waals surface area contributed by atoms with E-state index in [1.807, 2.05) is 0 Å². The second kappa shape index (κ2) is 7.84. The van der Waals surface area contributed by atoms with Crippen LogP contribution in [-0.4, -0.2) is 79.8 Å². The first-order valence-electron chi connectivity index (χ1n) is 8.95. The third-order valence-electron chi connectivity index (χ3n) is 4.63. The van der Waals surface area contributed by atoms with E-state index in [1.54, 1.807) is 6.92 Å². The van der Waals surface area contributed by atoms with E-state index in [9.17, 15) is 18.6 Å². The van der Waals surface area contributed by atoms with E-state index in [1.165, 1.54) is 24.3 Å². The molecule has 15 heteroatoms. The molecule has 0 unspecified atom stereocenters. The van der Waals surface area contributed by atoms with Crippen LogP contribution in [0.25, 0.3) is 11.2 Å². The minimum atomic E-state index is -3.38. The molecule has 162 valence electrons. The normalized spacial score (nSPS) is 24.5. The van der Waals surface area contributed by atoms with Crippen molar-refractivity contribution in [3.63, 3.8) is 0 Å². The van der Waals surface area contributed by atoms with E-state index in [-0.39, 0.29) is 18.2 Å². The van der Waals surface area contributed by atoms with Gasteiger partial charge in [-0.15, -0.1) is 0 Å². The minimum absolute atomic E-state index is 0.0497. The van der Waals surface area contributed by atoms with Gasteiger partial charge in [-0.3, -0.25) is 4.57 Å². The zero-order valence-corrected chi connectivity index (χ0v) is 16.8. The SMILES string of the molecule is CNS(=O)(=O)CCNc1ncnc2c1ncn2[C@@H]1O[C@H](c2nc(C)no2)[C@@H](O)[C@H]1O. The van der Waals surface area contributed by atoms with Gasteiger partial charge in [-0.05, 0) is 14.0 Å². The number of hydrogen-bond acceptors (Lipinski definition) is 12. The molecule has 0 bridgehead atoms. The Hall–Kier alpha value is -2.72. The van der Waals surface area contributed by atoms with Gasteiger partial charge in [0.05, 0.1) is 12.1 Å². The summed E-state index contributed by atoms with van der Waals surface area (Å²) in [5.74, 6) is 0.587. The molecule has 0 amide bonds. The zero-order valence-electron chi connectivity index (χ0n) is 16.0. The highest BCUT2D eigenvalue weighted by Crippen LogP contribution is 2.39. The number of imidazole rings is 1. The monoisotopic (exact) mass is 440 g/mol. The molecule has 0 aliphatic carbocycles. The van der Waals surface area contributed by atoms with Gasteiger partial charge < -0.3 is 24.8 Å². The van der Waals surface area contributed by atoms with Crippen LogP contribution in [0, 0.1) is 6.92 Å². The van der Waals surface area contributed by atoms with Gasteiger partial charge in [-0.2, -0.15) is 4.98 Å². The quantitative estimate of drug-likeness (QED) is 0.332. The maximum absolute atomic E-state index is 11.6. The van der Waals surface area contributed by atoms with E-state index in [0.29, 0.717) is 22.8 Å². The van der Waals surface area contributed by atoms with Gasteiger partial charge in [-0.1, -0.05) is 5.16 Å². The van der Waals surface area contributed by atoms with E-state index in [2.05, 4.69) is 35.1 Å². The van der Waals surface area contributed by atoms with Gasteiger partial charge >= 0.3 is 0 Å². The molecular weight excluding hydrogens is 420 g/mol. The van der Waals surface area contributed by atoms with Gasteiger partial charge in [0, 0.05) is 6.54 Å². The molecule has 0 saturated carbocycles. The number of nitrogens with zero attached hydrogens (tertiary/aromatic N) is 6. The predicted octanol–water partition coefficient (Wildman–Crippen LogP) is -1.53. The van der Waals surface area contributed by atoms with Crippen LogP contribution in [0.3, 0.4) is 0 Å². The van der Waals surface area contributed by atoms with Crippen LogP contribution in [0.5, 0.6) is 0 Å². The molecule has 3 aromatic rings. The lowest BCUT2D eigenvalue weighted by molar-refractivity contribution is -0.0451. The van der Waals surface area contributed by atoms with Crippen molar-refractivity contribution in [1.29, 1.82) is 0 Å². The van der Waals surface area contributed by atoms with Crippen LogP contribution in [-0.2, 0) is 14.8 Å². The fraction of sp³-hybridized carbons (Fsp3) is 0.533. The average Bonchev–Trinajstić information content (AvgIpc) is 3.41. The number of aliphatic hydroxyl groups excluding tert-OH is 2. The molecule has 1 aliphatic rings. The summed E-state index contributed by atoms with van der Waals surface area (Å²) in [7, 11) is -2.04. The summed E-state index contributed by atoms with van der Waals surface area (Å²) in [6, 6.07) is 0. The number of sulfonamides is 1. The van der Waals surface area contributed by atoms with Crippen molar-refractivity contribution in [2.24, 2.45) is 0 Å². The second-order valence-electron chi connectivity index (χ2n) is 6.60. The van der Waals surface area contributed by atoms with E-state index in [0.717, 1.165) is 0 Å². The molecule has 4 rings (SSSR count). The summed E-state index contributed by atoms with van der Waals surface area (Å²) < 4.78 is 37.6. The Morgan fingerprint density at radius 3 is 2.73 bits per heavy atom. The fourth-order valence-electron chi connectivity index (χ4n) is 3.10. The third-order valence-corrected chi connectivity index (χ3v) is 6.00. The lowest BCUT2D eigenvalue weighted by atomic mass is 10.1. The Balaban J connectivity index is 1.58. The number of aliphatic hydroxyl groups is 2. The van der Waals surface area contributed by atoms with Crippen LogP contribution in [0.1, 0.15) is 24.0 Å². The number of fused-ring (bicyclic) bond motifs is 1. The van der Waals surface area contributed by atoms with Crippen LogP contribution in [0.2, 0.25) is 0 Å². The Bertz CT molecular complexity index is 1150. The Labute approximate surface area is 170 Å². The van der Waals surface area contributed by atoms with Crippen molar-refractivity contribution >= 4 is 27.0 Å². The molecule has 4 N–H and O–H groups in total. The Morgan fingerprint density at radius 2 is 2.03 bits per heavy atom. The van der Waals surface area contributed by atoms with Gasteiger partial charge in [0.1, 0.15) is 18.5 Å². The predicted molar refractivity (Wildman–Crippen MR) is 101 cm³/mol. The molecule has 1 aliphatic heterocycles. The molecule has 0 radical (unpaired) electrons. The highest BCUT2D eigenvalue weighted by atomic mass is 32.2. The standard InChI is InChI=1S/C15H20N8O6S/c1-7-21-14(29-22-7)11-9(24)10(25)15(28-11)23-6-20-8-12(18-5-19-13(8)23)17-3-4-30(26,27)16-2/h5-6,9-11,15-16,24-25H,3-4H2,1-2H3,(H,17,18,19)/t9-,10+,11-,15+/m0/s1. The molecule has 0 aromatic carbocycles. The molecule has 30 heavy (non-hydrogen) atoms. The number of aryl methyl sites for hydroxylation is 1. The van der Waals surface area contributed by atoms with Crippen LogP contribution in [0.15, 0.2) is 17.2 Å². The van der Waals surface area contributed by atoms with E-state index in [4.69, 9.17) is 9.26 Å². The maximum atomic E-state index is 11.6. The second-order valence-corrected chi connectivity index (χ2v) is 8.65.